The minimum atomic E-state index is 0.792. The van der Waals surface area contributed by atoms with Crippen molar-refractivity contribution < 1.29 is 0 Å². The Bertz CT molecular complexity index is 317. The summed E-state index contributed by atoms with van der Waals surface area (Å²) in [7, 11) is 0. The summed E-state index contributed by atoms with van der Waals surface area (Å²) >= 11 is 0. The maximum absolute atomic E-state index is 4.15. The van der Waals surface area contributed by atoms with Crippen LogP contribution in [0.2, 0.25) is 0 Å². The number of imidazole rings is 1. The summed E-state index contributed by atoms with van der Waals surface area (Å²) in [6.45, 7) is 1.92. The third kappa shape index (κ3) is 0.673. The van der Waals surface area contributed by atoms with E-state index < -0.39 is 0 Å². The van der Waals surface area contributed by atoms with E-state index in [1.165, 1.54) is 0 Å². The topological polar surface area (TPSA) is 41.6 Å². The van der Waals surface area contributed by atoms with E-state index in [0.717, 1.165) is 17.0 Å². The second-order valence-corrected chi connectivity index (χ2v) is 2.20. The number of pyridine rings is 1. The maximum Gasteiger partial charge on any atom is 0.177 e. The predicted octanol–water partition coefficient (Wildman–Crippen LogP) is 1.27. The standard InChI is InChI=1S/C7H7N3/c1-5-9-6-3-2-4-8-7(6)10-5/h2-4H,1H3,(H,8,9,10). The fraction of sp³-hybridized carbons (Fsp3) is 0.143. The van der Waals surface area contributed by atoms with Crippen molar-refractivity contribution >= 4 is 11.2 Å². The highest BCUT2D eigenvalue weighted by Gasteiger charge is 1.95. The fourth-order valence-corrected chi connectivity index (χ4v) is 0.965. The van der Waals surface area contributed by atoms with Crippen molar-refractivity contribution in [2.45, 2.75) is 6.92 Å². The molecule has 0 saturated heterocycles. The number of hydrogen-bond acceptors (Lipinski definition) is 2. The molecule has 0 aliphatic carbocycles. The second kappa shape index (κ2) is 1.80. The molecule has 0 bridgehead atoms. The van der Waals surface area contributed by atoms with Gasteiger partial charge in [0, 0.05) is 6.20 Å². The van der Waals surface area contributed by atoms with Crippen molar-refractivity contribution in [2.75, 3.05) is 0 Å². The van der Waals surface area contributed by atoms with E-state index >= 15 is 0 Å². The van der Waals surface area contributed by atoms with E-state index in [4.69, 9.17) is 0 Å². The monoisotopic (exact) mass is 133 g/mol. The van der Waals surface area contributed by atoms with Gasteiger partial charge in [-0.25, -0.2) is 9.97 Å². The number of aryl methyl sites for hydroxylation is 1. The molecular formula is C7H7N3. The Kier molecular flexibility index (Phi) is 0.974. The quantitative estimate of drug-likeness (QED) is 0.588. The van der Waals surface area contributed by atoms with Gasteiger partial charge in [-0.05, 0) is 19.1 Å². The van der Waals surface area contributed by atoms with Crippen molar-refractivity contribution in [2.24, 2.45) is 0 Å². The molecule has 0 atom stereocenters. The van der Waals surface area contributed by atoms with Crippen LogP contribution in [0.5, 0.6) is 0 Å². The molecule has 0 unspecified atom stereocenters. The van der Waals surface area contributed by atoms with Crippen LogP contribution in [0.4, 0.5) is 0 Å². The van der Waals surface area contributed by atoms with E-state index in [1.54, 1.807) is 6.20 Å². The zero-order chi connectivity index (χ0) is 6.97. The van der Waals surface area contributed by atoms with Crippen molar-refractivity contribution in [1.82, 2.24) is 15.0 Å². The molecule has 2 rings (SSSR count). The van der Waals surface area contributed by atoms with Crippen molar-refractivity contribution in [3.8, 4) is 0 Å². The number of rotatable bonds is 0. The molecule has 0 aliphatic heterocycles. The van der Waals surface area contributed by atoms with Gasteiger partial charge in [-0.3, -0.25) is 0 Å². The van der Waals surface area contributed by atoms with Crippen LogP contribution < -0.4 is 0 Å². The molecule has 2 aromatic heterocycles. The molecule has 2 heterocycles. The highest BCUT2D eigenvalue weighted by atomic mass is 15.0. The van der Waals surface area contributed by atoms with Gasteiger partial charge in [0.15, 0.2) is 5.65 Å². The highest BCUT2D eigenvalue weighted by molar-refractivity contribution is 5.69. The summed E-state index contributed by atoms with van der Waals surface area (Å²) in [5.74, 6) is 0.911. The second-order valence-electron chi connectivity index (χ2n) is 2.20. The van der Waals surface area contributed by atoms with Gasteiger partial charge in [-0.15, -0.1) is 0 Å². The van der Waals surface area contributed by atoms with E-state index in [1.807, 2.05) is 19.1 Å². The van der Waals surface area contributed by atoms with E-state index in [9.17, 15) is 0 Å². The molecule has 3 heteroatoms. The van der Waals surface area contributed by atoms with Crippen molar-refractivity contribution in [3.05, 3.63) is 24.2 Å². The van der Waals surface area contributed by atoms with Gasteiger partial charge < -0.3 is 4.98 Å². The lowest BCUT2D eigenvalue weighted by atomic mass is 10.4. The minimum absolute atomic E-state index is 0.792. The maximum atomic E-state index is 4.15. The molecular weight excluding hydrogens is 126 g/mol. The fourth-order valence-electron chi connectivity index (χ4n) is 0.965. The Balaban J connectivity index is 2.88. The number of aromatic amines is 1. The molecule has 50 valence electrons. The first kappa shape index (κ1) is 5.41. The highest BCUT2D eigenvalue weighted by Crippen LogP contribution is 2.05. The number of aromatic nitrogens is 3. The molecule has 0 spiro atoms. The van der Waals surface area contributed by atoms with Crippen molar-refractivity contribution in [3.63, 3.8) is 0 Å². The van der Waals surface area contributed by atoms with Crippen LogP contribution in [-0.4, -0.2) is 15.0 Å². The molecule has 0 aliphatic rings. The predicted molar refractivity (Wildman–Crippen MR) is 38.6 cm³/mol. The molecule has 0 amide bonds. The van der Waals surface area contributed by atoms with Gasteiger partial charge in [-0.1, -0.05) is 0 Å². The number of hydrogen-bond donors (Lipinski definition) is 1. The third-order valence-corrected chi connectivity index (χ3v) is 1.38. The molecule has 3 nitrogen and oxygen atoms in total. The van der Waals surface area contributed by atoms with Gasteiger partial charge in [0.25, 0.3) is 0 Å². The van der Waals surface area contributed by atoms with Crippen LogP contribution in [0.3, 0.4) is 0 Å². The lowest BCUT2D eigenvalue weighted by Gasteiger charge is -1.80. The first-order valence-corrected chi connectivity index (χ1v) is 3.13. The zero-order valence-electron chi connectivity index (χ0n) is 5.63. The minimum Gasteiger partial charge on any atom is -0.341 e. The molecule has 0 fully saturated rings. The van der Waals surface area contributed by atoms with Crippen LogP contribution in [0.15, 0.2) is 18.3 Å². The Morgan fingerprint density at radius 1 is 1.50 bits per heavy atom. The first-order chi connectivity index (χ1) is 4.86. The van der Waals surface area contributed by atoms with Gasteiger partial charge in [-0.2, -0.15) is 0 Å². The average Bonchev–Trinajstić information content (AvgIpc) is 2.27. The van der Waals surface area contributed by atoms with Gasteiger partial charge in [0.2, 0.25) is 0 Å². The normalized spacial score (nSPS) is 10.5. The van der Waals surface area contributed by atoms with E-state index in [0.29, 0.717) is 0 Å². The number of fused-ring (bicyclic) bond motifs is 1. The number of nitrogens with zero attached hydrogens (tertiary/aromatic N) is 2. The van der Waals surface area contributed by atoms with Crippen LogP contribution in [-0.2, 0) is 0 Å². The lowest BCUT2D eigenvalue weighted by Crippen LogP contribution is -1.72. The summed E-state index contributed by atoms with van der Waals surface area (Å²) in [4.78, 5) is 11.3. The Morgan fingerprint density at radius 2 is 2.40 bits per heavy atom. The summed E-state index contributed by atoms with van der Waals surface area (Å²) in [5.41, 5.74) is 1.79. The summed E-state index contributed by atoms with van der Waals surface area (Å²) in [6.07, 6.45) is 1.74. The van der Waals surface area contributed by atoms with E-state index in [2.05, 4.69) is 15.0 Å². The summed E-state index contributed by atoms with van der Waals surface area (Å²) in [5, 5.41) is 0. The Morgan fingerprint density at radius 3 is 3.20 bits per heavy atom. The van der Waals surface area contributed by atoms with Gasteiger partial charge in [0.05, 0.1) is 5.52 Å². The van der Waals surface area contributed by atoms with Gasteiger partial charge in [0.1, 0.15) is 5.82 Å². The molecule has 1 N–H and O–H groups in total. The van der Waals surface area contributed by atoms with Crippen LogP contribution in [0.1, 0.15) is 5.82 Å². The first-order valence-electron chi connectivity index (χ1n) is 3.13. The average molecular weight is 133 g/mol. The van der Waals surface area contributed by atoms with Crippen molar-refractivity contribution in [1.29, 1.82) is 0 Å². The lowest BCUT2D eigenvalue weighted by molar-refractivity contribution is 1.16. The molecule has 10 heavy (non-hydrogen) atoms. The summed E-state index contributed by atoms with van der Waals surface area (Å²) < 4.78 is 0. The van der Waals surface area contributed by atoms with Crippen LogP contribution >= 0.6 is 0 Å². The third-order valence-electron chi connectivity index (χ3n) is 1.38. The Hall–Kier alpha value is -1.38. The smallest absolute Gasteiger partial charge is 0.177 e. The van der Waals surface area contributed by atoms with Crippen LogP contribution in [0.25, 0.3) is 11.2 Å². The van der Waals surface area contributed by atoms with E-state index in [-0.39, 0.29) is 0 Å². The SMILES string of the molecule is Cc1nc2ncccc2[nH]1. The van der Waals surface area contributed by atoms with Crippen LogP contribution in [0, 0.1) is 6.92 Å². The zero-order valence-corrected chi connectivity index (χ0v) is 5.63. The number of nitrogens with one attached hydrogen (secondary N) is 1. The molecule has 0 radical (unpaired) electrons. The van der Waals surface area contributed by atoms with Gasteiger partial charge >= 0.3 is 0 Å². The molecule has 0 saturated carbocycles. The number of H-pyrrole nitrogens is 1. The largest absolute Gasteiger partial charge is 0.341 e. The summed E-state index contributed by atoms with van der Waals surface area (Å²) in [6, 6.07) is 3.85. The molecule has 2 aromatic rings. The molecule has 0 aromatic carbocycles. The Labute approximate surface area is 58.1 Å².